The fourth-order valence-electron chi connectivity index (χ4n) is 3.58. The SMILES string of the molecule is CCCCC1CCC(C(=O)N2CCNC(C)C2)CC1.Cl. The molecule has 0 aromatic carbocycles. The highest BCUT2D eigenvalue weighted by Crippen LogP contribution is 2.33. The van der Waals surface area contributed by atoms with Gasteiger partial charge in [-0.05, 0) is 38.5 Å². The number of carbonyl (C=O) groups excluding carboxylic acids is 1. The number of carbonyl (C=O) groups is 1. The molecule has 0 aromatic rings. The van der Waals surface area contributed by atoms with E-state index in [0.29, 0.717) is 17.9 Å². The van der Waals surface area contributed by atoms with Crippen molar-refractivity contribution in [1.82, 2.24) is 10.2 Å². The molecule has 1 N–H and O–H groups in total. The lowest BCUT2D eigenvalue weighted by atomic mass is 9.79. The molecule has 1 amide bonds. The molecule has 0 bridgehead atoms. The molecule has 2 aliphatic rings. The first-order chi connectivity index (χ1) is 9.20. The Morgan fingerprint density at radius 1 is 1.25 bits per heavy atom. The van der Waals surface area contributed by atoms with E-state index in [1.54, 1.807) is 0 Å². The van der Waals surface area contributed by atoms with Crippen molar-refractivity contribution in [2.24, 2.45) is 11.8 Å². The van der Waals surface area contributed by atoms with Crippen LogP contribution in [0.1, 0.15) is 58.8 Å². The van der Waals surface area contributed by atoms with E-state index in [-0.39, 0.29) is 12.4 Å². The second kappa shape index (κ2) is 8.89. The molecule has 0 radical (unpaired) electrons. The van der Waals surface area contributed by atoms with Crippen molar-refractivity contribution in [3.63, 3.8) is 0 Å². The highest BCUT2D eigenvalue weighted by molar-refractivity contribution is 5.85. The number of nitrogens with zero attached hydrogens (tertiary/aromatic N) is 1. The molecule has 1 saturated heterocycles. The van der Waals surface area contributed by atoms with Crippen LogP contribution in [-0.2, 0) is 4.79 Å². The van der Waals surface area contributed by atoms with E-state index in [4.69, 9.17) is 0 Å². The Hall–Kier alpha value is -0.280. The number of hydrogen-bond acceptors (Lipinski definition) is 2. The molecular weight excluding hydrogens is 272 g/mol. The second-order valence-electron chi connectivity index (χ2n) is 6.50. The van der Waals surface area contributed by atoms with Crippen molar-refractivity contribution in [1.29, 1.82) is 0 Å². The number of rotatable bonds is 4. The van der Waals surface area contributed by atoms with Crippen LogP contribution in [0.25, 0.3) is 0 Å². The van der Waals surface area contributed by atoms with Gasteiger partial charge in [0, 0.05) is 31.6 Å². The number of unbranched alkanes of at least 4 members (excludes halogenated alkanes) is 1. The summed E-state index contributed by atoms with van der Waals surface area (Å²) in [7, 11) is 0. The molecule has 20 heavy (non-hydrogen) atoms. The number of piperazine rings is 1. The Balaban J connectivity index is 0.00000200. The Labute approximate surface area is 130 Å². The maximum absolute atomic E-state index is 12.5. The first kappa shape index (κ1) is 17.8. The van der Waals surface area contributed by atoms with Crippen LogP contribution in [0.15, 0.2) is 0 Å². The van der Waals surface area contributed by atoms with Crippen LogP contribution in [0.4, 0.5) is 0 Å². The largest absolute Gasteiger partial charge is 0.340 e. The quantitative estimate of drug-likeness (QED) is 0.865. The summed E-state index contributed by atoms with van der Waals surface area (Å²) in [4.78, 5) is 14.6. The van der Waals surface area contributed by atoms with Crippen molar-refractivity contribution >= 4 is 18.3 Å². The summed E-state index contributed by atoms with van der Waals surface area (Å²) in [5, 5.41) is 3.41. The molecule has 1 atom stereocenters. The third kappa shape index (κ3) is 4.92. The lowest BCUT2D eigenvalue weighted by Gasteiger charge is -2.36. The van der Waals surface area contributed by atoms with Crippen molar-refractivity contribution in [2.75, 3.05) is 19.6 Å². The normalized spacial score (nSPS) is 30.7. The zero-order valence-electron chi connectivity index (χ0n) is 13.1. The Kier molecular flexibility index (Phi) is 7.90. The van der Waals surface area contributed by atoms with Gasteiger partial charge in [-0.3, -0.25) is 4.79 Å². The predicted molar refractivity (Wildman–Crippen MR) is 86.3 cm³/mol. The van der Waals surface area contributed by atoms with Crippen LogP contribution in [-0.4, -0.2) is 36.5 Å². The summed E-state index contributed by atoms with van der Waals surface area (Å²) < 4.78 is 0. The van der Waals surface area contributed by atoms with E-state index in [0.717, 1.165) is 38.4 Å². The molecule has 1 saturated carbocycles. The fraction of sp³-hybridized carbons (Fsp3) is 0.938. The summed E-state index contributed by atoms with van der Waals surface area (Å²) in [5.41, 5.74) is 0. The molecule has 1 aliphatic carbocycles. The molecule has 3 nitrogen and oxygen atoms in total. The van der Waals surface area contributed by atoms with Gasteiger partial charge in [-0.25, -0.2) is 0 Å². The third-order valence-corrected chi connectivity index (χ3v) is 4.84. The molecule has 2 rings (SSSR count). The van der Waals surface area contributed by atoms with Gasteiger partial charge in [-0.15, -0.1) is 12.4 Å². The lowest BCUT2D eigenvalue weighted by Crippen LogP contribution is -2.53. The molecule has 4 heteroatoms. The second-order valence-corrected chi connectivity index (χ2v) is 6.50. The van der Waals surface area contributed by atoms with E-state index in [1.807, 2.05) is 0 Å². The molecule has 0 spiro atoms. The topological polar surface area (TPSA) is 32.3 Å². The van der Waals surface area contributed by atoms with Gasteiger partial charge in [0.25, 0.3) is 0 Å². The van der Waals surface area contributed by atoms with Crippen molar-refractivity contribution in [2.45, 2.75) is 64.8 Å². The van der Waals surface area contributed by atoms with Crippen molar-refractivity contribution < 1.29 is 4.79 Å². The van der Waals surface area contributed by atoms with E-state index in [2.05, 4.69) is 24.1 Å². The van der Waals surface area contributed by atoms with Crippen molar-refractivity contribution in [3.8, 4) is 0 Å². The number of hydrogen-bond donors (Lipinski definition) is 1. The molecular formula is C16H31ClN2O. The van der Waals surface area contributed by atoms with Gasteiger partial charge in [0.1, 0.15) is 0 Å². The lowest BCUT2D eigenvalue weighted by molar-refractivity contribution is -0.138. The minimum Gasteiger partial charge on any atom is -0.340 e. The standard InChI is InChI=1S/C16H30N2O.ClH/c1-3-4-5-14-6-8-15(9-7-14)16(19)18-11-10-17-13(2)12-18;/h13-15,17H,3-12H2,1-2H3;1H. The molecule has 1 heterocycles. The number of nitrogens with one attached hydrogen (secondary N) is 1. The summed E-state index contributed by atoms with van der Waals surface area (Å²) in [6.45, 7) is 7.19. The third-order valence-electron chi connectivity index (χ3n) is 4.84. The average Bonchev–Trinajstić information content (AvgIpc) is 2.45. The van der Waals surface area contributed by atoms with Gasteiger partial charge in [-0.2, -0.15) is 0 Å². The minimum absolute atomic E-state index is 0. The highest BCUT2D eigenvalue weighted by Gasteiger charge is 2.30. The smallest absolute Gasteiger partial charge is 0.225 e. The van der Waals surface area contributed by atoms with Gasteiger partial charge in [0.2, 0.25) is 5.91 Å². The summed E-state index contributed by atoms with van der Waals surface area (Å²) in [5.74, 6) is 1.65. The minimum atomic E-state index is 0. The summed E-state index contributed by atoms with van der Waals surface area (Å²) in [6, 6.07) is 0.457. The number of amides is 1. The molecule has 118 valence electrons. The predicted octanol–water partition coefficient (Wildman–Crippen LogP) is 3.23. The van der Waals surface area contributed by atoms with Crippen LogP contribution >= 0.6 is 12.4 Å². The van der Waals surface area contributed by atoms with E-state index >= 15 is 0 Å². The Morgan fingerprint density at radius 2 is 1.95 bits per heavy atom. The molecule has 0 aromatic heterocycles. The van der Waals surface area contributed by atoms with Crippen LogP contribution in [0.5, 0.6) is 0 Å². The van der Waals surface area contributed by atoms with Gasteiger partial charge >= 0.3 is 0 Å². The van der Waals surface area contributed by atoms with Crippen molar-refractivity contribution in [3.05, 3.63) is 0 Å². The van der Waals surface area contributed by atoms with Crippen LogP contribution in [0.2, 0.25) is 0 Å². The zero-order valence-corrected chi connectivity index (χ0v) is 13.9. The highest BCUT2D eigenvalue weighted by atomic mass is 35.5. The first-order valence-corrected chi connectivity index (χ1v) is 8.23. The van der Waals surface area contributed by atoms with E-state index in [1.165, 1.54) is 32.1 Å². The van der Waals surface area contributed by atoms with Gasteiger partial charge in [0.05, 0.1) is 0 Å². The number of halogens is 1. The van der Waals surface area contributed by atoms with E-state index in [9.17, 15) is 4.79 Å². The van der Waals surface area contributed by atoms with Gasteiger partial charge < -0.3 is 10.2 Å². The van der Waals surface area contributed by atoms with Gasteiger partial charge in [0.15, 0.2) is 0 Å². The van der Waals surface area contributed by atoms with Gasteiger partial charge in [-0.1, -0.05) is 26.2 Å². The van der Waals surface area contributed by atoms with Crippen LogP contribution < -0.4 is 5.32 Å². The summed E-state index contributed by atoms with van der Waals surface area (Å²) in [6.07, 6.45) is 8.85. The monoisotopic (exact) mass is 302 g/mol. The molecule has 1 unspecified atom stereocenters. The first-order valence-electron chi connectivity index (χ1n) is 8.23. The maximum atomic E-state index is 12.5. The zero-order chi connectivity index (χ0) is 13.7. The summed E-state index contributed by atoms with van der Waals surface area (Å²) >= 11 is 0. The average molecular weight is 303 g/mol. The maximum Gasteiger partial charge on any atom is 0.225 e. The molecule has 1 aliphatic heterocycles. The Morgan fingerprint density at radius 3 is 2.55 bits per heavy atom. The fourth-order valence-corrected chi connectivity index (χ4v) is 3.58. The van der Waals surface area contributed by atoms with E-state index < -0.39 is 0 Å². The van der Waals surface area contributed by atoms with Crippen LogP contribution in [0, 0.1) is 11.8 Å². The Bertz CT molecular complexity index is 290. The molecule has 2 fully saturated rings. The van der Waals surface area contributed by atoms with Crippen LogP contribution in [0.3, 0.4) is 0 Å².